The second-order valence-corrected chi connectivity index (χ2v) is 5.84. The van der Waals surface area contributed by atoms with E-state index in [9.17, 15) is 9.18 Å². The third kappa shape index (κ3) is 1.90. The van der Waals surface area contributed by atoms with Gasteiger partial charge in [0.25, 0.3) is 0 Å². The predicted molar refractivity (Wildman–Crippen MR) is 73.7 cm³/mol. The number of fused-ring (bicyclic) bond motifs is 1. The lowest BCUT2D eigenvalue weighted by molar-refractivity contribution is -0.142. The number of terminal acetylenes is 1. The van der Waals surface area contributed by atoms with Crippen LogP contribution in [0.3, 0.4) is 0 Å². The standard InChI is InChI=1S/C16H17FN2O/c1-3-8-16(2)11-18-9-7-14(19(18)15(16)20)12-5-4-6-13(17)10-12/h1,4-6,10,14H,7-9,11H2,2H3/t14-,16?/m1/s1. The molecule has 2 fully saturated rings. The average molecular weight is 272 g/mol. The molecule has 20 heavy (non-hydrogen) atoms. The molecule has 1 unspecified atom stereocenters. The number of carbonyl (C=O) groups is 1. The van der Waals surface area contributed by atoms with Crippen LogP contribution in [0, 0.1) is 23.6 Å². The largest absolute Gasteiger partial charge is 0.273 e. The first kappa shape index (κ1) is 13.1. The highest BCUT2D eigenvalue weighted by atomic mass is 19.1. The summed E-state index contributed by atoms with van der Waals surface area (Å²) in [6.45, 7) is 3.38. The van der Waals surface area contributed by atoms with Crippen LogP contribution in [0.15, 0.2) is 24.3 Å². The van der Waals surface area contributed by atoms with Gasteiger partial charge in [0.1, 0.15) is 5.82 Å². The van der Waals surface area contributed by atoms with Crippen molar-refractivity contribution in [2.24, 2.45) is 5.41 Å². The van der Waals surface area contributed by atoms with Gasteiger partial charge < -0.3 is 0 Å². The van der Waals surface area contributed by atoms with E-state index in [0.29, 0.717) is 13.0 Å². The van der Waals surface area contributed by atoms with Crippen LogP contribution in [-0.4, -0.2) is 29.0 Å². The van der Waals surface area contributed by atoms with Crippen LogP contribution < -0.4 is 0 Å². The molecule has 2 aliphatic rings. The number of nitrogens with zero attached hydrogens (tertiary/aromatic N) is 2. The quantitative estimate of drug-likeness (QED) is 0.772. The fraction of sp³-hybridized carbons (Fsp3) is 0.438. The molecule has 2 heterocycles. The van der Waals surface area contributed by atoms with E-state index in [4.69, 9.17) is 6.42 Å². The van der Waals surface area contributed by atoms with E-state index in [1.165, 1.54) is 12.1 Å². The molecule has 1 aromatic rings. The molecule has 3 rings (SSSR count). The summed E-state index contributed by atoms with van der Waals surface area (Å²) in [7, 11) is 0. The minimum atomic E-state index is -0.513. The third-order valence-electron chi connectivity index (χ3n) is 4.24. The zero-order valence-electron chi connectivity index (χ0n) is 11.5. The molecule has 0 aromatic heterocycles. The lowest BCUT2D eigenvalue weighted by Crippen LogP contribution is -2.36. The Balaban J connectivity index is 1.91. The Hall–Kier alpha value is -1.86. The highest BCUT2D eigenvalue weighted by Crippen LogP contribution is 2.43. The average Bonchev–Trinajstić information content (AvgIpc) is 2.90. The number of hydrogen-bond donors (Lipinski definition) is 0. The first-order valence-corrected chi connectivity index (χ1v) is 6.82. The Morgan fingerprint density at radius 2 is 2.35 bits per heavy atom. The summed E-state index contributed by atoms with van der Waals surface area (Å²) in [6.07, 6.45) is 6.66. The predicted octanol–water partition coefficient (Wildman–Crippen LogP) is 2.36. The summed E-state index contributed by atoms with van der Waals surface area (Å²) in [6, 6.07) is 6.43. The molecule has 2 aliphatic heterocycles. The SMILES string of the molecule is C#CCC1(C)CN2CC[C@H](c3cccc(F)c3)N2C1=O. The van der Waals surface area contributed by atoms with Crippen LogP contribution in [0.2, 0.25) is 0 Å². The summed E-state index contributed by atoms with van der Waals surface area (Å²) in [5, 5.41) is 3.83. The van der Waals surface area contributed by atoms with Crippen molar-refractivity contribution in [1.82, 2.24) is 10.0 Å². The number of hydrogen-bond acceptors (Lipinski definition) is 2. The number of benzene rings is 1. The molecule has 3 nitrogen and oxygen atoms in total. The number of hydrazine groups is 1. The molecule has 2 saturated heterocycles. The summed E-state index contributed by atoms with van der Waals surface area (Å²) in [5.41, 5.74) is 0.339. The Morgan fingerprint density at radius 3 is 3.05 bits per heavy atom. The molecule has 0 bridgehead atoms. The van der Waals surface area contributed by atoms with Crippen molar-refractivity contribution in [1.29, 1.82) is 0 Å². The van der Waals surface area contributed by atoms with E-state index in [1.54, 1.807) is 11.1 Å². The van der Waals surface area contributed by atoms with Gasteiger partial charge in [0.2, 0.25) is 5.91 Å². The van der Waals surface area contributed by atoms with Crippen LogP contribution in [0.4, 0.5) is 4.39 Å². The van der Waals surface area contributed by atoms with Crippen LogP contribution in [-0.2, 0) is 4.79 Å². The first-order valence-electron chi connectivity index (χ1n) is 6.82. The zero-order valence-corrected chi connectivity index (χ0v) is 11.5. The fourth-order valence-corrected chi connectivity index (χ4v) is 3.25. The van der Waals surface area contributed by atoms with Crippen molar-refractivity contribution in [3.63, 3.8) is 0 Å². The summed E-state index contributed by atoms with van der Waals surface area (Å²) >= 11 is 0. The summed E-state index contributed by atoms with van der Waals surface area (Å²) in [4.78, 5) is 12.7. The maximum atomic E-state index is 13.4. The van der Waals surface area contributed by atoms with Gasteiger partial charge in [0, 0.05) is 19.5 Å². The van der Waals surface area contributed by atoms with Gasteiger partial charge in [-0.25, -0.2) is 9.40 Å². The highest BCUT2D eigenvalue weighted by Gasteiger charge is 2.52. The molecule has 1 amide bonds. The van der Waals surface area contributed by atoms with Gasteiger partial charge in [-0.1, -0.05) is 12.1 Å². The maximum absolute atomic E-state index is 13.4. The molecule has 0 N–H and O–H groups in total. The van der Waals surface area contributed by atoms with Crippen molar-refractivity contribution in [3.05, 3.63) is 35.6 Å². The van der Waals surface area contributed by atoms with E-state index in [1.807, 2.05) is 13.0 Å². The molecule has 0 spiro atoms. The van der Waals surface area contributed by atoms with E-state index >= 15 is 0 Å². The van der Waals surface area contributed by atoms with Gasteiger partial charge in [-0.05, 0) is 31.0 Å². The molecule has 4 heteroatoms. The molecule has 1 aromatic carbocycles. The summed E-state index contributed by atoms with van der Waals surface area (Å²) < 4.78 is 13.4. The Bertz CT molecular complexity index is 594. The monoisotopic (exact) mass is 272 g/mol. The van der Waals surface area contributed by atoms with Gasteiger partial charge in [-0.3, -0.25) is 9.80 Å². The number of amides is 1. The van der Waals surface area contributed by atoms with E-state index < -0.39 is 5.41 Å². The second kappa shape index (κ2) is 4.60. The molecule has 0 aliphatic carbocycles. The lowest BCUT2D eigenvalue weighted by Gasteiger charge is -2.26. The number of halogens is 1. The normalized spacial score (nSPS) is 29.6. The molecule has 0 radical (unpaired) electrons. The Morgan fingerprint density at radius 1 is 1.55 bits per heavy atom. The van der Waals surface area contributed by atoms with Crippen molar-refractivity contribution in [2.45, 2.75) is 25.8 Å². The van der Waals surface area contributed by atoms with Crippen LogP contribution in [0.5, 0.6) is 0 Å². The zero-order chi connectivity index (χ0) is 14.3. The van der Waals surface area contributed by atoms with Crippen molar-refractivity contribution in [2.75, 3.05) is 13.1 Å². The smallest absolute Gasteiger partial charge is 0.245 e. The fourth-order valence-electron chi connectivity index (χ4n) is 3.25. The lowest BCUT2D eigenvalue weighted by atomic mass is 9.86. The molecule has 0 saturated carbocycles. The molecular formula is C16H17FN2O. The minimum Gasteiger partial charge on any atom is -0.273 e. The molecular weight excluding hydrogens is 255 g/mol. The third-order valence-corrected chi connectivity index (χ3v) is 4.24. The van der Waals surface area contributed by atoms with Crippen molar-refractivity contribution < 1.29 is 9.18 Å². The van der Waals surface area contributed by atoms with Gasteiger partial charge in [-0.15, -0.1) is 12.3 Å². The number of rotatable bonds is 2. The van der Waals surface area contributed by atoms with Crippen LogP contribution in [0.25, 0.3) is 0 Å². The molecule has 2 atom stereocenters. The Labute approximate surface area is 118 Å². The van der Waals surface area contributed by atoms with Gasteiger partial charge in [0.15, 0.2) is 0 Å². The van der Waals surface area contributed by atoms with Crippen molar-refractivity contribution in [3.8, 4) is 12.3 Å². The van der Waals surface area contributed by atoms with Gasteiger partial charge in [0.05, 0.1) is 11.5 Å². The minimum absolute atomic E-state index is 0.0576. The highest BCUT2D eigenvalue weighted by molar-refractivity contribution is 5.85. The Kier molecular flexibility index (Phi) is 3.02. The van der Waals surface area contributed by atoms with Crippen LogP contribution >= 0.6 is 0 Å². The summed E-state index contributed by atoms with van der Waals surface area (Å²) in [5.74, 6) is 2.39. The van der Waals surface area contributed by atoms with E-state index in [-0.39, 0.29) is 17.8 Å². The number of carbonyl (C=O) groups excluding carboxylic acids is 1. The van der Waals surface area contributed by atoms with Gasteiger partial charge in [-0.2, -0.15) is 0 Å². The molecule has 104 valence electrons. The topological polar surface area (TPSA) is 23.6 Å². The van der Waals surface area contributed by atoms with Crippen molar-refractivity contribution >= 4 is 5.91 Å². The van der Waals surface area contributed by atoms with Gasteiger partial charge >= 0.3 is 0 Å². The van der Waals surface area contributed by atoms with E-state index in [0.717, 1.165) is 18.5 Å². The van der Waals surface area contributed by atoms with E-state index in [2.05, 4.69) is 10.9 Å². The van der Waals surface area contributed by atoms with Crippen LogP contribution in [0.1, 0.15) is 31.4 Å². The second-order valence-electron chi connectivity index (χ2n) is 5.84. The maximum Gasteiger partial charge on any atom is 0.245 e. The first-order chi connectivity index (χ1) is 9.55.